The minimum absolute atomic E-state index is 1.17. The third-order valence-electron chi connectivity index (χ3n) is 8.87. The van der Waals surface area contributed by atoms with E-state index in [4.69, 9.17) is 0 Å². The van der Waals surface area contributed by atoms with Gasteiger partial charge in [-0.1, -0.05) is 83.9 Å². The average Bonchev–Trinajstić information content (AvgIpc) is 2.99. The number of fused-ring (bicyclic) bond motifs is 5. The van der Waals surface area contributed by atoms with Crippen LogP contribution in [0.4, 0.5) is 34.1 Å². The molecule has 2 heteroatoms. The van der Waals surface area contributed by atoms with Crippen LogP contribution in [0.15, 0.2) is 121 Å². The van der Waals surface area contributed by atoms with Crippen molar-refractivity contribution in [3.8, 4) is 0 Å². The summed E-state index contributed by atoms with van der Waals surface area (Å²) >= 11 is 0. The molecule has 8 rings (SSSR count). The van der Waals surface area contributed by atoms with Crippen LogP contribution in [0.2, 0.25) is 0 Å². The van der Waals surface area contributed by atoms with Crippen molar-refractivity contribution in [3.63, 3.8) is 0 Å². The number of hydrogen-bond donors (Lipinski definition) is 0. The molecule has 0 saturated heterocycles. The summed E-state index contributed by atoms with van der Waals surface area (Å²) in [6.45, 7) is 8.75. The highest BCUT2D eigenvalue weighted by molar-refractivity contribution is 6.07. The van der Waals surface area contributed by atoms with Crippen molar-refractivity contribution in [3.05, 3.63) is 144 Å². The van der Waals surface area contributed by atoms with Gasteiger partial charge >= 0.3 is 0 Å². The van der Waals surface area contributed by atoms with E-state index in [1.807, 2.05) is 0 Å². The van der Waals surface area contributed by atoms with Crippen molar-refractivity contribution in [2.24, 2.45) is 0 Å². The summed E-state index contributed by atoms with van der Waals surface area (Å²) in [5.41, 5.74) is 12.2. The molecule has 0 amide bonds. The lowest BCUT2D eigenvalue weighted by atomic mass is 9.97. The highest BCUT2D eigenvalue weighted by Crippen LogP contribution is 2.56. The Morgan fingerprint density at radius 1 is 0.333 bits per heavy atom. The predicted molar refractivity (Wildman–Crippen MR) is 181 cm³/mol. The molecule has 7 aromatic carbocycles. The monoisotopic (exact) mass is 540 g/mol. The molecule has 0 atom stereocenters. The molecule has 0 bridgehead atoms. The average molecular weight is 541 g/mol. The summed E-state index contributed by atoms with van der Waals surface area (Å²) in [5, 5.41) is 7.50. The van der Waals surface area contributed by atoms with Crippen molar-refractivity contribution in [2.45, 2.75) is 27.7 Å². The van der Waals surface area contributed by atoms with Gasteiger partial charge in [-0.05, 0) is 120 Å². The Hall–Kier alpha value is -5.08. The second-order valence-corrected chi connectivity index (χ2v) is 11.9. The largest absolute Gasteiger partial charge is 0.306 e. The van der Waals surface area contributed by atoms with Crippen LogP contribution < -0.4 is 9.80 Å². The van der Waals surface area contributed by atoms with Crippen LogP contribution >= 0.6 is 0 Å². The standard InChI is InChI=1S/C40H32N2/c1-25-9-11-33-21-35(15-13-31(33)17-25)41-37-19-27(3)28(4)20-38(37)42(36-16-14-32-18-26(2)10-12-34(32)22-36)40-24-30-8-6-5-7-29(30)23-39(40)41/h5-24H,1-4H3. The van der Waals surface area contributed by atoms with Gasteiger partial charge in [-0.25, -0.2) is 0 Å². The quantitative estimate of drug-likeness (QED) is 0.215. The zero-order chi connectivity index (χ0) is 28.5. The fourth-order valence-electron chi connectivity index (χ4n) is 6.52. The van der Waals surface area contributed by atoms with Crippen molar-refractivity contribution in [1.29, 1.82) is 0 Å². The van der Waals surface area contributed by atoms with E-state index < -0.39 is 0 Å². The van der Waals surface area contributed by atoms with E-state index in [2.05, 4.69) is 159 Å². The van der Waals surface area contributed by atoms with Gasteiger partial charge in [0.25, 0.3) is 0 Å². The molecule has 0 spiro atoms. The van der Waals surface area contributed by atoms with E-state index in [0.717, 1.165) is 0 Å². The van der Waals surface area contributed by atoms with Gasteiger partial charge in [-0.3, -0.25) is 0 Å². The van der Waals surface area contributed by atoms with Gasteiger partial charge in [0.05, 0.1) is 22.7 Å². The van der Waals surface area contributed by atoms with Crippen LogP contribution in [0, 0.1) is 27.7 Å². The number of aryl methyl sites for hydroxylation is 4. The summed E-state index contributed by atoms with van der Waals surface area (Å²) in [5.74, 6) is 0. The Morgan fingerprint density at radius 2 is 0.690 bits per heavy atom. The summed E-state index contributed by atoms with van der Waals surface area (Å²) < 4.78 is 0. The maximum atomic E-state index is 2.46. The lowest BCUT2D eigenvalue weighted by Gasteiger charge is -2.41. The smallest absolute Gasteiger partial charge is 0.0709 e. The van der Waals surface area contributed by atoms with Crippen LogP contribution in [0.3, 0.4) is 0 Å². The van der Waals surface area contributed by atoms with E-state index in [0.29, 0.717) is 0 Å². The summed E-state index contributed by atoms with van der Waals surface area (Å²) in [7, 11) is 0. The highest BCUT2D eigenvalue weighted by Gasteiger charge is 2.32. The van der Waals surface area contributed by atoms with E-state index in [-0.39, 0.29) is 0 Å². The predicted octanol–water partition coefficient (Wildman–Crippen LogP) is 11.6. The molecular weight excluding hydrogens is 508 g/mol. The molecule has 1 aliphatic heterocycles. The van der Waals surface area contributed by atoms with Crippen LogP contribution in [-0.2, 0) is 0 Å². The normalized spacial score (nSPS) is 12.7. The molecule has 0 fully saturated rings. The molecule has 0 saturated carbocycles. The van der Waals surface area contributed by atoms with Gasteiger partial charge in [0, 0.05) is 11.4 Å². The second kappa shape index (κ2) is 9.22. The Bertz CT molecular complexity index is 2050. The Kier molecular flexibility index (Phi) is 5.42. The van der Waals surface area contributed by atoms with Crippen LogP contribution in [0.25, 0.3) is 32.3 Å². The number of benzene rings is 7. The molecule has 42 heavy (non-hydrogen) atoms. The van der Waals surface area contributed by atoms with Gasteiger partial charge in [-0.2, -0.15) is 0 Å². The van der Waals surface area contributed by atoms with Crippen molar-refractivity contribution in [1.82, 2.24) is 0 Å². The molecule has 0 radical (unpaired) electrons. The SMILES string of the molecule is Cc1ccc2cc(N3c4cc(C)c(C)cc4N(c4ccc5cc(C)ccc5c4)c4cc5ccccc5cc43)ccc2c1. The van der Waals surface area contributed by atoms with E-state index in [9.17, 15) is 0 Å². The van der Waals surface area contributed by atoms with E-state index in [1.54, 1.807) is 0 Å². The van der Waals surface area contributed by atoms with Crippen LogP contribution in [0.1, 0.15) is 22.3 Å². The number of rotatable bonds is 2. The minimum Gasteiger partial charge on any atom is -0.306 e. The minimum atomic E-state index is 1.17. The molecule has 0 unspecified atom stereocenters. The molecule has 2 nitrogen and oxygen atoms in total. The molecule has 0 N–H and O–H groups in total. The maximum Gasteiger partial charge on any atom is 0.0709 e. The van der Waals surface area contributed by atoms with Gasteiger partial charge in [0.2, 0.25) is 0 Å². The zero-order valence-electron chi connectivity index (χ0n) is 24.4. The molecular formula is C40H32N2. The van der Waals surface area contributed by atoms with Crippen molar-refractivity contribution < 1.29 is 0 Å². The molecule has 0 aliphatic carbocycles. The third-order valence-corrected chi connectivity index (χ3v) is 8.87. The first kappa shape index (κ1) is 24.7. The van der Waals surface area contributed by atoms with E-state index >= 15 is 0 Å². The fourth-order valence-corrected chi connectivity index (χ4v) is 6.52. The fraction of sp³-hybridized carbons (Fsp3) is 0.100. The topological polar surface area (TPSA) is 6.48 Å². The van der Waals surface area contributed by atoms with Crippen LogP contribution in [0.5, 0.6) is 0 Å². The number of anilines is 6. The zero-order valence-corrected chi connectivity index (χ0v) is 24.4. The Labute approximate surface area is 247 Å². The van der Waals surface area contributed by atoms with Crippen LogP contribution in [-0.4, -0.2) is 0 Å². The van der Waals surface area contributed by atoms with Crippen molar-refractivity contribution >= 4 is 66.4 Å². The Balaban J connectivity index is 1.44. The lowest BCUT2D eigenvalue weighted by Crippen LogP contribution is -2.24. The maximum absolute atomic E-state index is 2.46. The molecule has 202 valence electrons. The number of nitrogens with zero attached hydrogens (tertiary/aromatic N) is 2. The highest BCUT2D eigenvalue weighted by atomic mass is 15.3. The third kappa shape index (κ3) is 3.87. The molecule has 0 aromatic heterocycles. The second-order valence-electron chi connectivity index (χ2n) is 11.9. The first-order valence-corrected chi connectivity index (χ1v) is 14.7. The molecule has 7 aromatic rings. The van der Waals surface area contributed by atoms with E-state index in [1.165, 1.54) is 88.7 Å². The molecule has 1 aliphatic rings. The number of hydrogen-bond acceptors (Lipinski definition) is 2. The lowest BCUT2D eigenvalue weighted by molar-refractivity contribution is 1.16. The summed E-state index contributed by atoms with van der Waals surface area (Å²) in [4.78, 5) is 4.92. The van der Waals surface area contributed by atoms with Gasteiger partial charge < -0.3 is 9.80 Å². The van der Waals surface area contributed by atoms with Gasteiger partial charge in [-0.15, -0.1) is 0 Å². The van der Waals surface area contributed by atoms with Crippen molar-refractivity contribution in [2.75, 3.05) is 9.80 Å². The Morgan fingerprint density at radius 3 is 1.14 bits per heavy atom. The van der Waals surface area contributed by atoms with Gasteiger partial charge in [0.15, 0.2) is 0 Å². The summed E-state index contributed by atoms with van der Waals surface area (Å²) in [6.07, 6.45) is 0. The first-order valence-electron chi connectivity index (χ1n) is 14.7. The summed E-state index contributed by atoms with van der Waals surface area (Å²) in [6, 6.07) is 45.3. The first-order chi connectivity index (χ1) is 20.4. The molecule has 1 heterocycles. The van der Waals surface area contributed by atoms with Gasteiger partial charge in [0.1, 0.15) is 0 Å².